The van der Waals surface area contributed by atoms with Crippen molar-refractivity contribution in [3.63, 3.8) is 0 Å². The molecule has 0 radical (unpaired) electrons. The number of hydrogen-bond donors (Lipinski definition) is 1. The van der Waals surface area contributed by atoms with Gasteiger partial charge in [-0.1, -0.05) is 72.8 Å². The number of carbonyl (C=O) groups is 1. The third-order valence-electron chi connectivity index (χ3n) is 5.77. The summed E-state index contributed by atoms with van der Waals surface area (Å²) in [5.74, 6) is 0.0853. The predicted octanol–water partition coefficient (Wildman–Crippen LogP) is 5.81. The minimum absolute atomic E-state index is 0.0149. The Bertz CT molecular complexity index is 1140. The van der Waals surface area contributed by atoms with E-state index >= 15 is 0 Å². The number of nitrogens with zero attached hydrogens (tertiary/aromatic N) is 1. The maximum atomic E-state index is 12.6. The molecule has 3 nitrogen and oxygen atoms in total. The quantitative estimate of drug-likeness (QED) is 0.420. The molecule has 0 aliphatic rings. The van der Waals surface area contributed by atoms with Gasteiger partial charge in [-0.15, -0.1) is 0 Å². The SMILES string of the molecule is Cc1ccccc1Cn1cc(CCC(=O)NC(C)c2ccccc2)c2ccccc21. The molecule has 0 saturated carbocycles. The monoisotopic (exact) mass is 396 g/mol. The number of carbonyl (C=O) groups excluding carboxylic acids is 1. The average Bonchev–Trinajstić information content (AvgIpc) is 3.12. The first-order chi connectivity index (χ1) is 14.6. The number of nitrogens with one attached hydrogen (secondary N) is 1. The van der Waals surface area contributed by atoms with Crippen molar-refractivity contribution in [1.82, 2.24) is 9.88 Å². The highest BCUT2D eigenvalue weighted by Crippen LogP contribution is 2.24. The number of rotatable bonds is 7. The molecule has 0 bridgehead atoms. The molecule has 1 unspecified atom stereocenters. The van der Waals surface area contributed by atoms with E-state index in [0.29, 0.717) is 6.42 Å². The van der Waals surface area contributed by atoms with E-state index in [9.17, 15) is 4.79 Å². The number of para-hydroxylation sites is 1. The lowest BCUT2D eigenvalue weighted by Crippen LogP contribution is -2.26. The molecule has 0 saturated heterocycles. The Labute approximate surface area is 178 Å². The number of amides is 1. The van der Waals surface area contributed by atoms with Crippen molar-refractivity contribution in [3.05, 3.63) is 107 Å². The molecule has 1 heterocycles. The van der Waals surface area contributed by atoms with Crippen molar-refractivity contribution in [2.45, 2.75) is 39.3 Å². The first-order valence-electron chi connectivity index (χ1n) is 10.6. The summed E-state index contributed by atoms with van der Waals surface area (Å²) in [7, 11) is 0. The van der Waals surface area contributed by atoms with Crippen LogP contribution in [0.3, 0.4) is 0 Å². The second-order valence-corrected chi connectivity index (χ2v) is 7.93. The molecule has 0 fully saturated rings. The van der Waals surface area contributed by atoms with E-state index in [0.717, 1.165) is 18.5 Å². The Balaban J connectivity index is 1.48. The third-order valence-corrected chi connectivity index (χ3v) is 5.77. The lowest BCUT2D eigenvalue weighted by atomic mass is 10.1. The van der Waals surface area contributed by atoms with Crippen LogP contribution in [0.1, 0.15) is 41.6 Å². The molecule has 0 aliphatic heterocycles. The van der Waals surface area contributed by atoms with Crippen molar-refractivity contribution >= 4 is 16.8 Å². The number of benzene rings is 3. The van der Waals surface area contributed by atoms with E-state index in [4.69, 9.17) is 0 Å². The first-order valence-corrected chi connectivity index (χ1v) is 10.6. The summed E-state index contributed by atoms with van der Waals surface area (Å²) in [6.07, 6.45) is 3.43. The molecular formula is C27H28N2O. The number of aryl methyl sites for hydroxylation is 2. The van der Waals surface area contributed by atoms with Gasteiger partial charge in [0, 0.05) is 30.1 Å². The smallest absolute Gasteiger partial charge is 0.220 e. The number of hydrogen-bond acceptors (Lipinski definition) is 1. The summed E-state index contributed by atoms with van der Waals surface area (Å²) in [5, 5.41) is 4.35. The summed E-state index contributed by atoms with van der Waals surface area (Å²) in [5.41, 5.74) is 6.18. The Morgan fingerprint density at radius 2 is 1.60 bits per heavy atom. The van der Waals surface area contributed by atoms with Crippen LogP contribution in [-0.2, 0) is 17.8 Å². The van der Waals surface area contributed by atoms with Crippen LogP contribution in [0.5, 0.6) is 0 Å². The van der Waals surface area contributed by atoms with Crippen molar-refractivity contribution in [2.75, 3.05) is 0 Å². The van der Waals surface area contributed by atoms with Gasteiger partial charge in [0.15, 0.2) is 0 Å². The Morgan fingerprint density at radius 3 is 2.40 bits per heavy atom. The molecule has 1 N–H and O–H groups in total. The topological polar surface area (TPSA) is 34.0 Å². The summed E-state index contributed by atoms with van der Waals surface area (Å²) >= 11 is 0. The minimum Gasteiger partial charge on any atom is -0.350 e. The number of aromatic nitrogens is 1. The standard InChI is InChI=1S/C27H28N2O/c1-20-10-6-7-13-23(20)18-29-19-24(25-14-8-9-15-26(25)29)16-17-27(30)28-21(2)22-11-4-3-5-12-22/h3-15,19,21H,16-18H2,1-2H3,(H,28,30). The number of fused-ring (bicyclic) bond motifs is 1. The molecule has 1 atom stereocenters. The maximum Gasteiger partial charge on any atom is 0.220 e. The zero-order valence-corrected chi connectivity index (χ0v) is 17.6. The fraction of sp³-hybridized carbons (Fsp3) is 0.222. The van der Waals surface area contributed by atoms with Gasteiger partial charge < -0.3 is 9.88 Å². The van der Waals surface area contributed by atoms with Gasteiger partial charge in [-0.3, -0.25) is 4.79 Å². The molecule has 4 rings (SSSR count). The third kappa shape index (κ3) is 4.46. The van der Waals surface area contributed by atoms with Crippen molar-refractivity contribution in [3.8, 4) is 0 Å². The summed E-state index contributed by atoms with van der Waals surface area (Å²) in [6, 6.07) is 27.1. The van der Waals surface area contributed by atoms with Crippen molar-refractivity contribution in [1.29, 1.82) is 0 Å². The highest BCUT2D eigenvalue weighted by molar-refractivity contribution is 5.85. The lowest BCUT2D eigenvalue weighted by Gasteiger charge is -2.14. The van der Waals surface area contributed by atoms with Crippen LogP contribution in [-0.4, -0.2) is 10.5 Å². The molecule has 1 aromatic heterocycles. The van der Waals surface area contributed by atoms with Crippen LogP contribution < -0.4 is 5.32 Å². The van der Waals surface area contributed by atoms with Gasteiger partial charge in [-0.2, -0.15) is 0 Å². The normalized spacial score (nSPS) is 12.1. The summed E-state index contributed by atoms with van der Waals surface area (Å²) in [6.45, 7) is 5.02. The summed E-state index contributed by atoms with van der Waals surface area (Å²) < 4.78 is 2.30. The molecule has 0 aliphatic carbocycles. The fourth-order valence-corrected chi connectivity index (χ4v) is 4.01. The van der Waals surface area contributed by atoms with Crippen LogP contribution in [0, 0.1) is 6.92 Å². The van der Waals surface area contributed by atoms with Crippen LogP contribution in [0.25, 0.3) is 10.9 Å². The van der Waals surface area contributed by atoms with Crippen molar-refractivity contribution in [2.24, 2.45) is 0 Å². The van der Waals surface area contributed by atoms with Crippen LogP contribution in [0.15, 0.2) is 85.1 Å². The molecule has 1 amide bonds. The fourth-order valence-electron chi connectivity index (χ4n) is 4.01. The highest BCUT2D eigenvalue weighted by atomic mass is 16.1. The van der Waals surface area contributed by atoms with Crippen molar-refractivity contribution < 1.29 is 4.79 Å². The lowest BCUT2D eigenvalue weighted by molar-refractivity contribution is -0.121. The van der Waals surface area contributed by atoms with Crippen LogP contribution >= 0.6 is 0 Å². The van der Waals surface area contributed by atoms with Crippen LogP contribution in [0.4, 0.5) is 0 Å². The Hall–Kier alpha value is -3.33. The molecule has 3 heteroatoms. The van der Waals surface area contributed by atoms with E-state index in [1.807, 2.05) is 37.3 Å². The zero-order valence-electron chi connectivity index (χ0n) is 17.6. The molecule has 30 heavy (non-hydrogen) atoms. The second kappa shape index (κ2) is 9.00. The Morgan fingerprint density at radius 1 is 0.900 bits per heavy atom. The molecule has 0 spiro atoms. The minimum atomic E-state index is 0.0149. The molecule has 4 aromatic rings. The van der Waals surface area contributed by atoms with Gasteiger partial charge in [0.25, 0.3) is 0 Å². The van der Waals surface area contributed by atoms with E-state index in [-0.39, 0.29) is 11.9 Å². The largest absolute Gasteiger partial charge is 0.350 e. The second-order valence-electron chi connectivity index (χ2n) is 7.93. The van der Waals surface area contributed by atoms with Gasteiger partial charge in [-0.25, -0.2) is 0 Å². The predicted molar refractivity (Wildman–Crippen MR) is 124 cm³/mol. The van der Waals surface area contributed by atoms with E-state index in [2.05, 4.69) is 71.5 Å². The van der Waals surface area contributed by atoms with E-state index < -0.39 is 0 Å². The van der Waals surface area contributed by atoms with Crippen LogP contribution in [0.2, 0.25) is 0 Å². The highest BCUT2D eigenvalue weighted by Gasteiger charge is 2.13. The van der Waals surface area contributed by atoms with E-state index in [1.54, 1.807) is 0 Å². The molecular weight excluding hydrogens is 368 g/mol. The van der Waals surface area contributed by atoms with E-state index in [1.165, 1.54) is 27.6 Å². The van der Waals surface area contributed by atoms with Gasteiger partial charge in [0.1, 0.15) is 0 Å². The molecule has 152 valence electrons. The van der Waals surface area contributed by atoms with Gasteiger partial charge in [0.05, 0.1) is 6.04 Å². The maximum absolute atomic E-state index is 12.6. The average molecular weight is 397 g/mol. The molecule has 3 aromatic carbocycles. The Kier molecular flexibility index (Phi) is 5.99. The zero-order chi connectivity index (χ0) is 20.9. The van der Waals surface area contributed by atoms with Gasteiger partial charge >= 0.3 is 0 Å². The van der Waals surface area contributed by atoms with Gasteiger partial charge in [-0.05, 0) is 48.6 Å². The van der Waals surface area contributed by atoms with Gasteiger partial charge in [0.2, 0.25) is 5.91 Å². The first kappa shape index (κ1) is 20.0. The summed E-state index contributed by atoms with van der Waals surface area (Å²) in [4.78, 5) is 12.6.